The summed E-state index contributed by atoms with van der Waals surface area (Å²) in [5.74, 6) is 1.23. The second-order valence-electron chi connectivity index (χ2n) is 6.34. The Kier molecular flexibility index (Phi) is 5.65. The predicted molar refractivity (Wildman–Crippen MR) is 98.0 cm³/mol. The van der Waals surface area contributed by atoms with Gasteiger partial charge in [-0.2, -0.15) is 0 Å². The van der Waals surface area contributed by atoms with Gasteiger partial charge in [-0.05, 0) is 42.9 Å². The maximum atomic E-state index is 12.4. The zero-order valence-corrected chi connectivity index (χ0v) is 15.2. The van der Waals surface area contributed by atoms with Crippen LogP contribution in [0.2, 0.25) is 0 Å². The summed E-state index contributed by atoms with van der Waals surface area (Å²) in [6.45, 7) is 4.27. The van der Waals surface area contributed by atoms with Crippen LogP contribution in [0.15, 0.2) is 47.8 Å². The van der Waals surface area contributed by atoms with E-state index in [9.17, 15) is 8.42 Å². The molecule has 0 spiro atoms. The Morgan fingerprint density at radius 1 is 1.16 bits per heavy atom. The Bertz CT molecular complexity index is 770. The Labute approximate surface area is 149 Å². The fourth-order valence-electron chi connectivity index (χ4n) is 3.04. The molecule has 1 aromatic carbocycles. The zero-order valence-electron chi connectivity index (χ0n) is 14.4. The Morgan fingerprint density at radius 3 is 2.48 bits per heavy atom. The van der Waals surface area contributed by atoms with Gasteiger partial charge in [-0.15, -0.1) is 0 Å². The van der Waals surface area contributed by atoms with Crippen molar-refractivity contribution in [2.45, 2.75) is 31.1 Å². The van der Waals surface area contributed by atoms with Gasteiger partial charge in [-0.1, -0.05) is 19.1 Å². The van der Waals surface area contributed by atoms with Crippen LogP contribution in [-0.2, 0) is 16.4 Å². The van der Waals surface area contributed by atoms with Gasteiger partial charge in [0.15, 0.2) is 0 Å². The zero-order chi connectivity index (χ0) is 17.7. The number of hydrogen-bond donors (Lipinski definition) is 1. The highest BCUT2D eigenvalue weighted by atomic mass is 32.2. The van der Waals surface area contributed by atoms with E-state index in [0.29, 0.717) is 17.4 Å². The smallest absolute Gasteiger partial charge is 0.240 e. The average molecular weight is 360 g/mol. The molecule has 0 amide bonds. The molecule has 1 aliphatic rings. The molecule has 0 radical (unpaired) electrons. The molecular weight excluding hydrogens is 336 g/mol. The molecule has 3 rings (SSSR count). The highest BCUT2D eigenvalue weighted by molar-refractivity contribution is 7.89. The Morgan fingerprint density at radius 2 is 1.88 bits per heavy atom. The molecule has 1 aromatic heterocycles. The molecule has 1 N–H and O–H groups in total. The molecule has 0 atom stereocenters. The molecule has 7 heteroatoms. The van der Waals surface area contributed by atoms with Crippen LogP contribution in [0.1, 0.15) is 25.3 Å². The van der Waals surface area contributed by atoms with Crippen molar-refractivity contribution in [2.75, 3.05) is 24.5 Å². The van der Waals surface area contributed by atoms with Gasteiger partial charge >= 0.3 is 0 Å². The molecule has 0 aliphatic carbocycles. The molecule has 6 nitrogen and oxygen atoms in total. The molecule has 0 bridgehead atoms. The summed E-state index contributed by atoms with van der Waals surface area (Å²) < 4.78 is 27.6. The van der Waals surface area contributed by atoms with Crippen molar-refractivity contribution in [1.29, 1.82) is 0 Å². The fourth-order valence-corrected chi connectivity index (χ4v) is 4.15. The van der Waals surface area contributed by atoms with Crippen LogP contribution in [0.4, 0.5) is 5.82 Å². The first-order valence-corrected chi connectivity index (χ1v) is 10.2. The molecule has 134 valence electrons. The second kappa shape index (κ2) is 7.93. The van der Waals surface area contributed by atoms with Crippen molar-refractivity contribution in [3.63, 3.8) is 0 Å². The minimum absolute atomic E-state index is 0.335. The lowest BCUT2D eigenvalue weighted by Crippen LogP contribution is -2.39. The maximum Gasteiger partial charge on any atom is 0.240 e. The van der Waals surface area contributed by atoms with Gasteiger partial charge in [0.1, 0.15) is 5.82 Å². The van der Waals surface area contributed by atoms with Gasteiger partial charge in [0.2, 0.25) is 10.0 Å². The number of hydrogen-bond acceptors (Lipinski definition) is 5. The number of nitrogens with zero attached hydrogens (tertiary/aromatic N) is 3. The molecule has 1 saturated heterocycles. The number of piperidine rings is 1. The number of rotatable bonds is 6. The average Bonchev–Trinajstić information content (AvgIpc) is 2.67. The fraction of sp³-hybridized carbons (Fsp3) is 0.444. The van der Waals surface area contributed by atoms with E-state index in [1.165, 1.54) is 0 Å². The van der Waals surface area contributed by atoms with Crippen LogP contribution < -0.4 is 9.62 Å². The molecule has 2 aromatic rings. The quantitative estimate of drug-likeness (QED) is 0.855. The first kappa shape index (κ1) is 17.8. The summed E-state index contributed by atoms with van der Waals surface area (Å²) in [6, 6.07) is 7.09. The van der Waals surface area contributed by atoms with Gasteiger partial charge in [0.05, 0.1) is 11.1 Å². The van der Waals surface area contributed by atoms with Gasteiger partial charge < -0.3 is 4.90 Å². The lowest BCUT2D eigenvalue weighted by molar-refractivity contribution is 0.400. The van der Waals surface area contributed by atoms with Crippen LogP contribution in [0.3, 0.4) is 0 Å². The van der Waals surface area contributed by atoms with Gasteiger partial charge in [-0.3, -0.25) is 4.98 Å². The first-order valence-electron chi connectivity index (χ1n) is 8.68. The molecule has 1 fully saturated rings. The third-order valence-electron chi connectivity index (χ3n) is 4.69. The predicted octanol–water partition coefficient (Wildman–Crippen LogP) is 2.23. The van der Waals surface area contributed by atoms with E-state index in [4.69, 9.17) is 0 Å². The number of anilines is 1. The van der Waals surface area contributed by atoms with E-state index in [1.54, 1.807) is 30.7 Å². The molecular formula is C18H24N4O2S. The lowest BCUT2D eigenvalue weighted by Gasteiger charge is -2.32. The van der Waals surface area contributed by atoms with E-state index in [-0.39, 0.29) is 0 Å². The van der Waals surface area contributed by atoms with E-state index >= 15 is 0 Å². The minimum atomic E-state index is -3.44. The van der Waals surface area contributed by atoms with Crippen LogP contribution in [0.5, 0.6) is 0 Å². The summed E-state index contributed by atoms with van der Waals surface area (Å²) in [5.41, 5.74) is 1.13. The summed E-state index contributed by atoms with van der Waals surface area (Å²) >= 11 is 0. The standard InChI is InChI=1S/C18H24N4O2S/c1-2-15-3-5-17(6-4-15)25(23,24)21-13-16-7-11-22(12-8-16)18-14-19-9-10-20-18/h3-6,9-10,14,16,21H,2,7-8,11-13H2,1H3. The SMILES string of the molecule is CCc1ccc(S(=O)(=O)NCC2CCN(c3cnccn3)CC2)cc1. The summed E-state index contributed by atoms with van der Waals surface area (Å²) in [6.07, 6.45) is 7.90. The maximum absolute atomic E-state index is 12.4. The number of benzene rings is 1. The van der Waals surface area contributed by atoms with Crippen molar-refractivity contribution < 1.29 is 8.42 Å². The third-order valence-corrected chi connectivity index (χ3v) is 6.13. The topological polar surface area (TPSA) is 75.2 Å². The van der Waals surface area contributed by atoms with Crippen molar-refractivity contribution >= 4 is 15.8 Å². The van der Waals surface area contributed by atoms with Crippen molar-refractivity contribution in [2.24, 2.45) is 5.92 Å². The second-order valence-corrected chi connectivity index (χ2v) is 8.11. The first-order chi connectivity index (χ1) is 12.1. The molecule has 2 heterocycles. The van der Waals surface area contributed by atoms with E-state index < -0.39 is 10.0 Å². The van der Waals surface area contributed by atoms with Gasteiger partial charge in [-0.25, -0.2) is 18.1 Å². The van der Waals surface area contributed by atoms with Crippen LogP contribution >= 0.6 is 0 Å². The summed E-state index contributed by atoms with van der Waals surface area (Å²) in [4.78, 5) is 10.9. The normalized spacial score (nSPS) is 16.1. The molecule has 25 heavy (non-hydrogen) atoms. The van der Waals surface area contributed by atoms with Crippen molar-refractivity contribution in [3.05, 3.63) is 48.4 Å². The van der Waals surface area contributed by atoms with E-state index in [1.807, 2.05) is 12.1 Å². The summed E-state index contributed by atoms with van der Waals surface area (Å²) in [7, 11) is -3.44. The Hall–Kier alpha value is -1.99. The molecule has 1 aliphatic heterocycles. The highest BCUT2D eigenvalue weighted by Gasteiger charge is 2.22. The number of aryl methyl sites for hydroxylation is 1. The van der Waals surface area contributed by atoms with Gasteiger partial charge in [0, 0.05) is 32.0 Å². The Balaban J connectivity index is 1.52. The largest absolute Gasteiger partial charge is 0.355 e. The van der Waals surface area contributed by atoms with Gasteiger partial charge in [0.25, 0.3) is 0 Å². The van der Waals surface area contributed by atoms with Crippen LogP contribution in [-0.4, -0.2) is 38.0 Å². The number of aromatic nitrogens is 2. The molecule has 0 saturated carbocycles. The van der Waals surface area contributed by atoms with E-state index in [2.05, 4.69) is 26.5 Å². The van der Waals surface area contributed by atoms with Crippen molar-refractivity contribution in [3.8, 4) is 0 Å². The monoisotopic (exact) mass is 360 g/mol. The molecule has 0 unspecified atom stereocenters. The van der Waals surface area contributed by atoms with E-state index in [0.717, 1.165) is 43.7 Å². The minimum Gasteiger partial charge on any atom is -0.355 e. The third kappa shape index (κ3) is 4.55. The lowest BCUT2D eigenvalue weighted by atomic mass is 9.97. The summed E-state index contributed by atoms with van der Waals surface area (Å²) in [5, 5.41) is 0. The van der Waals surface area contributed by atoms with Crippen molar-refractivity contribution in [1.82, 2.24) is 14.7 Å². The number of sulfonamides is 1. The highest BCUT2D eigenvalue weighted by Crippen LogP contribution is 2.21. The van der Waals surface area contributed by atoms with Crippen LogP contribution in [0, 0.1) is 5.92 Å². The number of nitrogens with one attached hydrogen (secondary N) is 1. The van der Waals surface area contributed by atoms with Crippen LogP contribution in [0.25, 0.3) is 0 Å².